The summed E-state index contributed by atoms with van der Waals surface area (Å²) in [6, 6.07) is 11.9. The van der Waals surface area contributed by atoms with Crippen LogP contribution in [0.3, 0.4) is 0 Å². The molecule has 1 aliphatic carbocycles. The molecular formula is C20H19N3O4. The van der Waals surface area contributed by atoms with Gasteiger partial charge in [-0.05, 0) is 31.0 Å². The SMILES string of the molecule is O=C(NC1COCC1n1nc(C2CC2)ccc1=O)c1cc2ccccc2o1. The molecule has 2 fully saturated rings. The molecule has 1 aromatic carbocycles. The van der Waals surface area contributed by atoms with E-state index in [1.807, 2.05) is 24.3 Å². The van der Waals surface area contributed by atoms with Crippen LogP contribution in [0.2, 0.25) is 0 Å². The molecule has 1 N–H and O–H groups in total. The number of ether oxygens (including phenoxy) is 1. The molecule has 2 aliphatic rings. The van der Waals surface area contributed by atoms with Crippen LogP contribution in [0, 0.1) is 0 Å². The van der Waals surface area contributed by atoms with Gasteiger partial charge in [0, 0.05) is 17.4 Å². The van der Waals surface area contributed by atoms with E-state index in [1.54, 1.807) is 18.2 Å². The number of rotatable bonds is 4. The van der Waals surface area contributed by atoms with E-state index in [9.17, 15) is 9.59 Å². The molecule has 1 aliphatic heterocycles. The number of benzene rings is 1. The predicted octanol–water partition coefficient (Wildman–Crippen LogP) is 2.24. The second-order valence-corrected chi connectivity index (χ2v) is 7.15. The van der Waals surface area contributed by atoms with Crippen LogP contribution in [0.1, 0.15) is 41.1 Å². The molecule has 138 valence electrons. The highest BCUT2D eigenvalue weighted by Gasteiger charge is 2.34. The number of fused-ring (bicyclic) bond motifs is 1. The summed E-state index contributed by atoms with van der Waals surface area (Å²) in [7, 11) is 0. The second-order valence-electron chi connectivity index (χ2n) is 7.15. The van der Waals surface area contributed by atoms with Gasteiger partial charge in [-0.25, -0.2) is 4.68 Å². The molecule has 7 nitrogen and oxygen atoms in total. The topological polar surface area (TPSA) is 86.4 Å². The molecule has 7 heteroatoms. The Kier molecular flexibility index (Phi) is 3.82. The molecule has 1 amide bonds. The lowest BCUT2D eigenvalue weighted by Crippen LogP contribution is -2.44. The molecule has 2 unspecified atom stereocenters. The van der Waals surface area contributed by atoms with Crippen molar-refractivity contribution in [1.29, 1.82) is 0 Å². The quantitative estimate of drug-likeness (QED) is 0.766. The van der Waals surface area contributed by atoms with Crippen LogP contribution in [0.25, 0.3) is 11.0 Å². The number of hydrogen-bond donors (Lipinski definition) is 1. The molecule has 2 atom stereocenters. The van der Waals surface area contributed by atoms with Gasteiger partial charge in [-0.1, -0.05) is 18.2 Å². The fraction of sp³-hybridized carbons (Fsp3) is 0.350. The van der Waals surface area contributed by atoms with Crippen molar-refractivity contribution in [2.45, 2.75) is 30.8 Å². The Morgan fingerprint density at radius 2 is 2.00 bits per heavy atom. The van der Waals surface area contributed by atoms with Crippen molar-refractivity contribution in [3.63, 3.8) is 0 Å². The zero-order chi connectivity index (χ0) is 18.4. The molecule has 1 saturated heterocycles. The molecule has 3 aromatic rings. The fourth-order valence-electron chi connectivity index (χ4n) is 3.53. The van der Waals surface area contributed by atoms with E-state index >= 15 is 0 Å². The molecule has 0 radical (unpaired) electrons. The molecular weight excluding hydrogens is 346 g/mol. The van der Waals surface area contributed by atoms with E-state index < -0.39 is 0 Å². The van der Waals surface area contributed by atoms with Crippen LogP contribution in [-0.4, -0.2) is 34.9 Å². The summed E-state index contributed by atoms with van der Waals surface area (Å²) >= 11 is 0. The summed E-state index contributed by atoms with van der Waals surface area (Å²) in [5.74, 6) is 0.370. The largest absolute Gasteiger partial charge is 0.451 e. The van der Waals surface area contributed by atoms with Gasteiger partial charge in [0.15, 0.2) is 5.76 Å². The average Bonchev–Trinajstić information content (AvgIpc) is 3.27. The van der Waals surface area contributed by atoms with Gasteiger partial charge in [0.2, 0.25) is 0 Å². The first-order chi connectivity index (χ1) is 13.2. The van der Waals surface area contributed by atoms with Gasteiger partial charge in [-0.15, -0.1) is 0 Å². The predicted molar refractivity (Wildman–Crippen MR) is 97.8 cm³/mol. The molecule has 2 aromatic heterocycles. The van der Waals surface area contributed by atoms with Crippen molar-refractivity contribution >= 4 is 16.9 Å². The van der Waals surface area contributed by atoms with E-state index in [2.05, 4.69) is 10.4 Å². The highest BCUT2D eigenvalue weighted by molar-refractivity contribution is 5.96. The van der Waals surface area contributed by atoms with Crippen molar-refractivity contribution in [3.8, 4) is 0 Å². The van der Waals surface area contributed by atoms with Gasteiger partial charge >= 0.3 is 0 Å². The van der Waals surface area contributed by atoms with Crippen molar-refractivity contribution in [3.05, 3.63) is 64.3 Å². The van der Waals surface area contributed by atoms with Crippen LogP contribution in [0.15, 0.2) is 51.7 Å². The first kappa shape index (κ1) is 16.3. The van der Waals surface area contributed by atoms with Gasteiger partial charge in [-0.2, -0.15) is 5.10 Å². The van der Waals surface area contributed by atoms with Gasteiger partial charge in [0.05, 0.1) is 24.9 Å². The highest BCUT2D eigenvalue weighted by Crippen LogP contribution is 2.38. The third-order valence-electron chi connectivity index (χ3n) is 5.17. The maximum absolute atomic E-state index is 12.6. The van der Waals surface area contributed by atoms with Crippen LogP contribution < -0.4 is 10.9 Å². The Bertz CT molecular complexity index is 1030. The van der Waals surface area contributed by atoms with Gasteiger partial charge in [0.1, 0.15) is 11.6 Å². The molecule has 27 heavy (non-hydrogen) atoms. The first-order valence-corrected chi connectivity index (χ1v) is 9.16. The Morgan fingerprint density at radius 1 is 1.15 bits per heavy atom. The highest BCUT2D eigenvalue weighted by atomic mass is 16.5. The summed E-state index contributed by atoms with van der Waals surface area (Å²) in [6.07, 6.45) is 2.22. The number of furan rings is 1. The van der Waals surface area contributed by atoms with E-state index in [4.69, 9.17) is 9.15 Å². The zero-order valence-corrected chi connectivity index (χ0v) is 14.6. The number of carbonyl (C=O) groups is 1. The van der Waals surface area contributed by atoms with Gasteiger partial charge < -0.3 is 14.5 Å². The molecule has 1 saturated carbocycles. The summed E-state index contributed by atoms with van der Waals surface area (Å²) in [5, 5.41) is 8.34. The third-order valence-corrected chi connectivity index (χ3v) is 5.17. The van der Waals surface area contributed by atoms with E-state index in [0.29, 0.717) is 24.7 Å². The van der Waals surface area contributed by atoms with Crippen LogP contribution in [0.4, 0.5) is 0 Å². The van der Waals surface area contributed by atoms with Crippen molar-refractivity contribution < 1.29 is 13.9 Å². The van der Waals surface area contributed by atoms with Crippen molar-refractivity contribution in [2.24, 2.45) is 0 Å². The summed E-state index contributed by atoms with van der Waals surface area (Å²) in [4.78, 5) is 25.0. The normalized spacial score (nSPS) is 22.2. The summed E-state index contributed by atoms with van der Waals surface area (Å²) in [6.45, 7) is 0.671. The van der Waals surface area contributed by atoms with E-state index in [0.717, 1.165) is 23.9 Å². The molecule has 0 bridgehead atoms. The van der Waals surface area contributed by atoms with Crippen molar-refractivity contribution in [2.75, 3.05) is 13.2 Å². The first-order valence-electron chi connectivity index (χ1n) is 9.16. The lowest BCUT2D eigenvalue weighted by molar-refractivity contribution is 0.0898. The maximum atomic E-state index is 12.6. The fourth-order valence-corrected chi connectivity index (χ4v) is 3.53. The van der Waals surface area contributed by atoms with E-state index in [-0.39, 0.29) is 29.3 Å². The second kappa shape index (κ2) is 6.35. The molecule has 3 heterocycles. The standard InChI is InChI=1S/C20H19N3O4/c24-19-8-7-14(12-5-6-12)22-23(19)16-11-26-10-15(16)21-20(25)18-9-13-3-1-2-4-17(13)27-18/h1-4,7-9,12,15-16H,5-6,10-11H2,(H,21,25). The monoisotopic (exact) mass is 365 g/mol. The number of aromatic nitrogens is 2. The number of para-hydroxylation sites is 1. The van der Waals surface area contributed by atoms with Crippen LogP contribution >= 0.6 is 0 Å². The number of nitrogens with one attached hydrogen (secondary N) is 1. The minimum atomic E-state index is -0.342. The average molecular weight is 365 g/mol. The van der Waals surface area contributed by atoms with Gasteiger partial charge in [-0.3, -0.25) is 9.59 Å². The Hall–Kier alpha value is -2.93. The van der Waals surface area contributed by atoms with Crippen molar-refractivity contribution in [1.82, 2.24) is 15.1 Å². The minimum absolute atomic E-state index is 0.183. The minimum Gasteiger partial charge on any atom is -0.451 e. The third kappa shape index (κ3) is 3.04. The Labute approximate surface area is 154 Å². The summed E-state index contributed by atoms with van der Waals surface area (Å²) in [5.41, 5.74) is 1.42. The number of nitrogens with zero attached hydrogens (tertiary/aromatic N) is 2. The maximum Gasteiger partial charge on any atom is 0.287 e. The van der Waals surface area contributed by atoms with Crippen LogP contribution in [0.5, 0.6) is 0 Å². The summed E-state index contributed by atoms with van der Waals surface area (Å²) < 4.78 is 12.6. The number of amides is 1. The Morgan fingerprint density at radius 3 is 2.81 bits per heavy atom. The zero-order valence-electron chi connectivity index (χ0n) is 14.6. The van der Waals surface area contributed by atoms with Gasteiger partial charge in [0.25, 0.3) is 11.5 Å². The number of carbonyl (C=O) groups excluding carboxylic acids is 1. The van der Waals surface area contributed by atoms with Crippen LogP contribution in [-0.2, 0) is 4.74 Å². The number of hydrogen-bond acceptors (Lipinski definition) is 5. The Balaban J connectivity index is 1.39. The lowest BCUT2D eigenvalue weighted by atomic mass is 10.1. The molecule has 5 rings (SSSR count). The lowest BCUT2D eigenvalue weighted by Gasteiger charge is -2.20. The molecule has 0 spiro atoms. The smallest absolute Gasteiger partial charge is 0.287 e. The van der Waals surface area contributed by atoms with E-state index in [1.165, 1.54) is 4.68 Å².